The Hall–Kier alpha value is -1.84. The first-order chi connectivity index (χ1) is 6.20. The number of aromatic nitrogens is 2. The molecule has 1 aromatic heterocycles. The highest BCUT2D eigenvalue weighted by molar-refractivity contribution is 6.05. The molecule has 0 aliphatic carbocycles. The summed E-state index contributed by atoms with van der Waals surface area (Å²) in [5, 5.41) is 7.43. The standard InChI is InChI=1S/C9H9N3O/c1-5-3-2-4-6-7(5)8(9(10)13)12-11-6/h2-4H,1H3,(H2,10,13)(H,11,12). The number of aryl methyl sites for hydroxylation is 1. The van der Waals surface area contributed by atoms with E-state index in [2.05, 4.69) is 10.2 Å². The van der Waals surface area contributed by atoms with Gasteiger partial charge in [-0.2, -0.15) is 5.10 Å². The molecule has 66 valence electrons. The third kappa shape index (κ3) is 1.07. The van der Waals surface area contributed by atoms with Gasteiger partial charge in [0.2, 0.25) is 0 Å². The SMILES string of the molecule is Cc1cccc2[nH]nc(C(N)=O)c12. The largest absolute Gasteiger partial charge is 0.364 e. The number of fused-ring (bicyclic) bond motifs is 1. The zero-order chi connectivity index (χ0) is 9.42. The van der Waals surface area contributed by atoms with Gasteiger partial charge in [-0.05, 0) is 18.6 Å². The number of nitrogens with one attached hydrogen (secondary N) is 1. The van der Waals surface area contributed by atoms with Crippen LogP contribution in [0.5, 0.6) is 0 Å². The number of hydrogen-bond acceptors (Lipinski definition) is 2. The van der Waals surface area contributed by atoms with Crippen LogP contribution in [0.25, 0.3) is 10.9 Å². The van der Waals surface area contributed by atoms with Gasteiger partial charge in [0, 0.05) is 5.39 Å². The smallest absolute Gasteiger partial charge is 0.269 e. The molecule has 0 saturated carbocycles. The molecule has 3 N–H and O–H groups in total. The zero-order valence-corrected chi connectivity index (χ0v) is 7.16. The van der Waals surface area contributed by atoms with Crippen LogP contribution >= 0.6 is 0 Å². The summed E-state index contributed by atoms with van der Waals surface area (Å²) in [6.07, 6.45) is 0. The Morgan fingerprint density at radius 2 is 2.31 bits per heavy atom. The summed E-state index contributed by atoms with van der Waals surface area (Å²) < 4.78 is 0. The second-order valence-electron chi connectivity index (χ2n) is 2.93. The van der Waals surface area contributed by atoms with Crippen molar-refractivity contribution in [3.63, 3.8) is 0 Å². The van der Waals surface area contributed by atoms with E-state index in [-0.39, 0.29) is 0 Å². The first kappa shape index (κ1) is 7.79. The molecule has 2 aromatic rings. The minimum Gasteiger partial charge on any atom is -0.364 e. The van der Waals surface area contributed by atoms with Crippen molar-refractivity contribution in [2.75, 3.05) is 0 Å². The normalized spacial score (nSPS) is 10.5. The van der Waals surface area contributed by atoms with Crippen LogP contribution in [-0.2, 0) is 0 Å². The molecule has 1 amide bonds. The first-order valence-corrected chi connectivity index (χ1v) is 3.93. The Bertz CT molecular complexity index is 473. The van der Waals surface area contributed by atoms with Crippen molar-refractivity contribution in [1.29, 1.82) is 0 Å². The number of H-pyrrole nitrogens is 1. The van der Waals surface area contributed by atoms with Gasteiger partial charge in [-0.3, -0.25) is 9.89 Å². The van der Waals surface area contributed by atoms with Crippen molar-refractivity contribution in [3.05, 3.63) is 29.5 Å². The van der Waals surface area contributed by atoms with Crippen LogP contribution in [0.1, 0.15) is 16.1 Å². The molecule has 0 bridgehead atoms. The van der Waals surface area contributed by atoms with Crippen LogP contribution in [0.2, 0.25) is 0 Å². The lowest BCUT2D eigenvalue weighted by Gasteiger charge is -1.95. The highest BCUT2D eigenvalue weighted by Crippen LogP contribution is 2.19. The number of nitrogens with zero attached hydrogens (tertiary/aromatic N) is 1. The fourth-order valence-corrected chi connectivity index (χ4v) is 1.43. The van der Waals surface area contributed by atoms with Crippen molar-refractivity contribution < 1.29 is 4.79 Å². The number of aromatic amines is 1. The molecular weight excluding hydrogens is 166 g/mol. The maximum absolute atomic E-state index is 11.0. The second kappa shape index (κ2) is 2.58. The fourth-order valence-electron chi connectivity index (χ4n) is 1.43. The Morgan fingerprint density at radius 1 is 1.54 bits per heavy atom. The molecule has 0 atom stereocenters. The van der Waals surface area contributed by atoms with Gasteiger partial charge in [-0.1, -0.05) is 12.1 Å². The number of carbonyl (C=O) groups excluding carboxylic acids is 1. The van der Waals surface area contributed by atoms with Crippen LogP contribution in [-0.4, -0.2) is 16.1 Å². The monoisotopic (exact) mass is 175 g/mol. The van der Waals surface area contributed by atoms with Crippen molar-refractivity contribution >= 4 is 16.8 Å². The number of benzene rings is 1. The number of amides is 1. The van der Waals surface area contributed by atoms with Crippen molar-refractivity contribution in [2.24, 2.45) is 5.73 Å². The molecule has 1 aromatic carbocycles. The van der Waals surface area contributed by atoms with E-state index in [9.17, 15) is 4.79 Å². The summed E-state index contributed by atoms with van der Waals surface area (Å²) in [6.45, 7) is 1.92. The van der Waals surface area contributed by atoms with Crippen molar-refractivity contribution in [3.8, 4) is 0 Å². The molecule has 2 rings (SSSR count). The quantitative estimate of drug-likeness (QED) is 0.677. The Labute approximate surface area is 74.7 Å². The van der Waals surface area contributed by atoms with Gasteiger partial charge in [0.25, 0.3) is 5.91 Å². The van der Waals surface area contributed by atoms with E-state index in [4.69, 9.17) is 5.73 Å². The van der Waals surface area contributed by atoms with Gasteiger partial charge >= 0.3 is 0 Å². The van der Waals surface area contributed by atoms with Crippen molar-refractivity contribution in [2.45, 2.75) is 6.92 Å². The van der Waals surface area contributed by atoms with E-state index in [1.54, 1.807) is 0 Å². The maximum atomic E-state index is 11.0. The van der Waals surface area contributed by atoms with Gasteiger partial charge < -0.3 is 5.73 Å². The molecular formula is C9H9N3O. The minimum absolute atomic E-state index is 0.313. The van der Waals surface area contributed by atoms with E-state index in [0.29, 0.717) is 5.69 Å². The Kier molecular flexibility index (Phi) is 1.55. The van der Waals surface area contributed by atoms with Gasteiger partial charge in [0.15, 0.2) is 5.69 Å². The molecule has 0 fully saturated rings. The number of hydrogen-bond donors (Lipinski definition) is 2. The Morgan fingerprint density at radius 3 is 3.00 bits per heavy atom. The third-order valence-corrected chi connectivity index (χ3v) is 2.03. The third-order valence-electron chi connectivity index (χ3n) is 2.03. The van der Waals surface area contributed by atoms with Crippen LogP contribution in [0.3, 0.4) is 0 Å². The predicted molar refractivity (Wildman–Crippen MR) is 49.3 cm³/mol. The van der Waals surface area contributed by atoms with E-state index >= 15 is 0 Å². The summed E-state index contributed by atoms with van der Waals surface area (Å²) in [6, 6.07) is 5.69. The molecule has 0 radical (unpaired) electrons. The molecule has 0 unspecified atom stereocenters. The lowest BCUT2D eigenvalue weighted by molar-refractivity contribution is 0.0997. The molecule has 0 aliphatic rings. The highest BCUT2D eigenvalue weighted by atomic mass is 16.1. The van der Waals surface area contributed by atoms with Crippen LogP contribution in [0.4, 0.5) is 0 Å². The van der Waals surface area contributed by atoms with E-state index in [0.717, 1.165) is 16.5 Å². The van der Waals surface area contributed by atoms with E-state index in [1.165, 1.54) is 0 Å². The lowest BCUT2D eigenvalue weighted by Crippen LogP contribution is -2.11. The van der Waals surface area contributed by atoms with Crippen molar-refractivity contribution in [1.82, 2.24) is 10.2 Å². The predicted octanol–water partition coefficient (Wildman–Crippen LogP) is 0.970. The lowest BCUT2D eigenvalue weighted by atomic mass is 10.1. The van der Waals surface area contributed by atoms with Crippen LogP contribution in [0.15, 0.2) is 18.2 Å². The first-order valence-electron chi connectivity index (χ1n) is 3.93. The average Bonchev–Trinajstić information content (AvgIpc) is 2.49. The molecule has 0 spiro atoms. The molecule has 1 heterocycles. The van der Waals surface area contributed by atoms with Gasteiger partial charge in [0.05, 0.1) is 5.52 Å². The molecule has 0 aliphatic heterocycles. The average molecular weight is 175 g/mol. The number of rotatable bonds is 1. The highest BCUT2D eigenvalue weighted by Gasteiger charge is 2.11. The minimum atomic E-state index is -0.499. The summed E-state index contributed by atoms with van der Waals surface area (Å²) >= 11 is 0. The van der Waals surface area contributed by atoms with Crippen LogP contribution in [0, 0.1) is 6.92 Å². The number of nitrogens with two attached hydrogens (primary N) is 1. The zero-order valence-electron chi connectivity index (χ0n) is 7.16. The summed E-state index contributed by atoms with van der Waals surface area (Å²) in [4.78, 5) is 11.0. The van der Waals surface area contributed by atoms with E-state index < -0.39 is 5.91 Å². The molecule has 4 nitrogen and oxygen atoms in total. The molecule has 4 heteroatoms. The van der Waals surface area contributed by atoms with Gasteiger partial charge in [-0.15, -0.1) is 0 Å². The van der Waals surface area contributed by atoms with Gasteiger partial charge in [0.1, 0.15) is 0 Å². The van der Waals surface area contributed by atoms with Gasteiger partial charge in [-0.25, -0.2) is 0 Å². The summed E-state index contributed by atoms with van der Waals surface area (Å²) in [7, 11) is 0. The summed E-state index contributed by atoms with van der Waals surface area (Å²) in [5.41, 5.74) is 7.33. The van der Waals surface area contributed by atoms with E-state index in [1.807, 2.05) is 25.1 Å². The summed E-state index contributed by atoms with van der Waals surface area (Å²) in [5.74, 6) is -0.499. The molecule has 0 saturated heterocycles. The topological polar surface area (TPSA) is 71.8 Å². The molecule has 13 heavy (non-hydrogen) atoms. The number of carbonyl (C=O) groups is 1. The number of primary amides is 1. The Balaban J connectivity index is 2.86. The second-order valence-corrected chi connectivity index (χ2v) is 2.93. The maximum Gasteiger partial charge on any atom is 0.269 e. The fraction of sp³-hybridized carbons (Fsp3) is 0.111. The van der Waals surface area contributed by atoms with Crippen LogP contribution < -0.4 is 5.73 Å².